The van der Waals surface area contributed by atoms with E-state index in [0.29, 0.717) is 31.2 Å². The summed E-state index contributed by atoms with van der Waals surface area (Å²) in [6.45, 7) is 0. The third kappa shape index (κ3) is 1.71. The number of rotatable bonds is 1. The third-order valence-electron chi connectivity index (χ3n) is 6.42. The minimum absolute atomic E-state index is 0.0718. The zero-order valence-corrected chi connectivity index (χ0v) is 13.0. The van der Waals surface area contributed by atoms with E-state index in [-0.39, 0.29) is 29.4 Å². The standard InChI is InChI=1S/C18H21NO4/c19-16(22)13-4-3-10-8-11-2-1-6-17(14(10)15(13)21)9-12(20)5-7-18(11,17)23/h3-4,11,21,23H,1-2,5-9H2,(H2,19,22). The number of amides is 1. The highest BCUT2D eigenvalue weighted by Gasteiger charge is 2.63. The molecule has 2 bridgehead atoms. The first-order valence-electron chi connectivity index (χ1n) is 8.28. The number of Topliss-reactive ketones (excluding diaryl/α,β-unsaturated/α-hetero) is 1. The van der Waals surface area contributed by atoms with Gasteiger partial charge in [0, 0.05) is 23.8 Å². The molecule has 3 unspecified atom stereocenters. The summed E-state index contributed by atoms with van der Waals surface area (Å²) < 4.78 is 0. The molecule has 4 rings (SSSR count). The van der Waals surface area contributed by atoms with Crippen LogP contribution in [0.15, 0.2) is 12.1 Å². The van der Waals surface area contributed by atoms with Crippen molar-refractivity contribution >= 4 is 11.7 Å². The van der Waals surface area contributed by atoms with Crippen LogP contribution in [-0.2, 0) is 16.6 Å². The minimum atomic E-state index is -0.972. The fraction of sp³-hybridized carbons (Fsp3) is 0.556. The molecule has 3 aliphatic rings. The number of phenols is 1. The predicted molar refractivity (Wildman–Crippen MR) is 83.2 cm³/mol. The lowest BCUT2D eigenvalue weighted by Gasteiger charge is -2.60. The van der Waals surface area contributed by atoms with Crippen molar-refractivity contribution in [3.63, 3.8) is 0 Å². The average molecular weight is 315 g/mol. The van der Waals surface area contributed by atoms with Gasteiger partial charge in [0.25, 0.3) is 5.91 Å². The van der Waals surface area contributed by atoms with Crippen LogP contribution in [0.2, 0.25) is 0 Å². The van der Waals surface area contributed by atoms with Gasteiger partial charge >= 0.3 is 0 Å². The molecule has 5 heteroatoms. The molecule has 0 radical (unpaired) electrons. The van der Waals surface area contributed by atoms with E-state index in [2.05, 4.69) is 0 Å². The number of ketones is 1. The van der Waals surface area contributed by atoms with Gasteiger partial charge in [-0.05, 0) is 43.2 Å². The highest BCUT2D eigenvalue weighted by molar-refractivity contribution is 5.96. The summed E-state index contributed by atoms with van der Waals surface area (Å²) in [4.78, 5) is 23.8. The zero-order chi connectivity index (χ0) is 16.4. The van der Waals surface area contributed by atoms with Crippen molar-refractivity contribution < 1.29 is 19.8 Å². The second-order valence-corrected chi connectivity index (χ2v) is 7.38. The van der Waals surface area contributed by atoms with Crippen LogP contribution >= 0.6 is 0 Å². The number of carbonyl (C=O) groups excluding carboxylic acids is 2. The molecule has 0 aromatic heterocycles. The normalized spacial score (nSPS) is 35.3. The molecule has 0 heterocycles. The van der Waals surface area contributed by atoms with Crippen LogP contribution in [0, 0.1) is 5.92 Å². The first-order valence-corrected chi connectivity index (χ1v) is 8.28. The molecule has 0 saturated heterocycles. The Morgan fingerprint density at radius 2 is 2.09 bits per heavy atom. The number of nitrogens with two attached hydrogens (primary N) is 1. The van der Waals surface area contributed by atoms with Crippen molar-refractivity contribution in [3.05, 3.63) is 28.8 Å². The largest absolute Gasteiger partial charge is 0.507 e. The summed E-state index contributed by atoms with van der Waals surface area (Å²) in [5, 5.41) is 22.2. The number of carbonyl (C=O) groups is 2. The maximum Gasteiger partial charge on any atom is 0.252 e. The van der Waals surface area contributed by atoms with Gasteiger partial charge in [-0.15, -0.1) is 0 Å². The van der Waals surface area contributed by atoms with Crippen LogP contribution in [0.1, 0.15) is 60.0 Å². The molecule has 0 aliphatic heterocycles. The number of aliphatic hydroxyl groups is 1. The van der Waals surface area contributed by atoms with Crippen LogP contribution in [0.25, 0.3) is 0 Å². The van der Waals surface area contributed by atoms with Crippen molar-refractivity contribution in [2.45, 2.75) is 56.0 Å². The maximum atomic E-state index is 12.2. The number of primary amides is 1. The van der Waals surface area contributed by atoms with Crippen molar-refractivity contribution in [3.8, 4) is 5.75 Å². The second-order valence-electron chi connectivity index (χ2n) is 7.38. The van der Waals surface area contributed by atoms with E-state index in [4.69, 9.17) is 5.73 Å². The van der Waals surface area contributed by atoms with Gasteiger partial charge in [0.2, 0.25) is 0 Å². The molecule has 2 saturated carbocycles. The average Bonchev–Trinajstić information content (AvgIpc) is 2.47. The van der Waals surface area contributed by atoms with E-state index in [9.17, 15) is 19.8 Å². The fourth-order valence-corrected chi connectivity index (χ4v) is 5.44. The molecule has 3 atom stereocenters. The highest BCUT2D eigenvalue weighted by atomic mass is 16.3. The van der Waals surface area contributed by atoms with E-state index < -0.39 is 16.9 Å². The van der Waals surface area contributed by atoms with Crippen molar-refractivity contribution in [1.29, 1.82) is 0 Å². The molecular weight excluding hydrogens is 294 g/mol. The van der Waals surface area contributed by atoms with Gasteiger partial charge in [0.15, 0.2) is 0 Å². The van der Waals surface area contributed by atoms with Gasteiger partial charge < -0.3 is 15.9 Å². The molecule has 1 aromatic carbocycles. The van der Waals surface area contributed by atoms with E-state index >= 15 is 0 Å². The zero-order valence-electron chi connectivity index (χ0n) is 13.0. The van der Waals surface area contributed by atoms with Gasteiger partial charge in [-0.1, -0.05) is 12.5 Å². The quantitative estimate of drug-likeness (QED) is 0.732. The number of aromatic hydroxyl groups is 1. The predicted octanol–water partition coefficient (Wildman–Crippen LogP) is 1.57. The molecular formula is C18H21NO4. The topological polar surface area (TPSA) is 101 Å². The Morgan fingerprint density at radius 3 is 2.83 bits per heavy atom. The molecule has 4 N–H and O–H groups in total. The number of hydrogen-bond donors (Lipinski definition) is 3. The highest BCUT2D eigenvalue weighted by Crippen LogP contribution is 2.62. The Labute approximate surface area is 134 Å². The maximum absolute atomic E-state index is 12.2. The van der Waals surface area contributed by atoms with Crippen molar-refractivity contribution in [1.82, 2.24) is 0 Å². The van der Waals surface area contributed by atoms with E-state index in [1.54, 1.807) is 6.07 Å². The lowest BCUT2D eigenvalue weighted by Crippen LogP contribution is -2.64. The molecule has 1 amide bonds. The van der Waals surface area contributed by atoms with Crippen molar-refractivity contribution in [2.24, 2.45) is 11.7 Å². The van der Waals surface area contributed by atoms with E-state index in [1.807, 2.05) is 6.07 Å². The number of fused-ring (bicyclic) bond motifs is 1. The minimum Gasteiger partial charge on any atom is -0.507 e. The Bertz CT molecular complexity index is 728. The Kier molecular flexibility index (Phi) is 2.92. The summed E-state index contributed by atoms with van der Waals surface area (Å²) in [5.74, 6) is -0.600. The summed E-state index contributed by atoms with van der Waals surface area (Å²) >= 11 is 0. The van der Waals surface area contributed by atoms with Gasteiger partial charge in [-0.25, -0.2) is 0 Å². The second kappa shape index (κ2) is 4.57. The van der Waals surface area contributed by atoms with Gasteiger partial charge in [-0.3, -0.25) is 9.59 Å². The van der Waals surface area contributed by atoms with Crippen LogP contribution in [0.3, 0.4) is 0 Å². The molecule has 5 nitrogen and oxygen atoms in total. The summed E-state index contributed by atoms with van der Waals surface area (Å²) in [6.07, 6.45) is 4.26. The summed E-state index contributed by atoms with van der Waals surface area (Å²) in [5.41, 5.74) is 5.24. The Morgan fingerprint density at radius 1 is 1.30 bits per heavy atom. The summed E-state index contributed by atoms with van der Waals surface area (Å²) in [6, 6.07) is 3.38. The first-order chi connectivity index (χ1) is 10.9. The molecule has 0 spiro atoms. The third-order valence-corrected chi connectivity index (χ3v) is 6.42. The van der Waals surface area contributed by atoms with Crippen molar-refractivity contribution in [2.75, 3.05) is 0 Å². The molecule has 23 heavy (non-hydrogen) atoms. The smallest absolute Gasteiger partial charge is 0.252 e. The van der Waals surface area contributed by atoms with Crippen LogP contribution in [0.4, 0.5) is 0 Å². The van der Waals surface area contributed by atoms with Gasteiger partial charge in [-0.2, -0.15) is 0 Å². The lowest BCUT2D eigenvalue weighted by atomic mass is 9.46. The van der Waals surface area contributed by atoms with Crippen LogP contribution in [0.5, 0.6) is 5.75 Å². The number of benzene rings is 1. The lowest BCUT2D eigenvalue weighted by molar-refractivity contribution is -0.160. The van der Waals surface area contributed by atoms with E-state index in [1.165, 1.54) is 0 Å². The number of hydrogen-bond acceptors (Lipinski definition) is 4. The first kappa shape index (κ1) is 14.7. The molecule has 2 fully saturated rings. The fourth-order valence-electron chi connectivity index (χ4n) is 5.44. The molecule has 122 valence electrons. The summed E-state index contributed by atoms with van der Waals surface area (Å²) in [7, 11) is 0. The van der Waals surface area contributed by atoms with Crippen LogP contribution < -0.4 is 5.73 Å². The Hall–Kier alpha value is -1.88. The Balaban J connectivity index is 2.02. The monoisotopic (exact) mass is 315 g/mol. The van der Waals surface area contributed by atoms with Gasteiger partial charge in [0.05, 0.1) is 11.2 Å². The van der Waals surface area contributed by atoms with E-state index in [0.717, 1.165) is 18.4 Å². The molecule has 1 aromatic rings. The molecule has 3 aliphatic carbocycles. The van der Waals surface area contributed by atoms with Gasteiger partial charge in [0.1, 0.15) is 11.5 Å². The van der Waals surface area contributed by atoms with Crippen LogP contribution in [-0.4, -0.2) is 27.5 Å². The SMILES string of the molecule is NC(=O)c1ccc2c(c1O)C13CCCC(C2)C1(O)CCC(=O)C3.